The summed E-state index contributed by atoms with van der Waals surface area (Å²) in [4.78, 5) is 17.5. The number of rotatable bonds is 4. The van der Waals surface area contributed by atoms with Crippen molar-refractivity contribution in [3.05, 3.63) is 94.5 Å². The van der Waals surface area contributed by atoms with Crippen LogP contribution in [0.2, 0.25) is 0 Å². The third kappa shape index (κ3) is 4.38. The summed E-state index contributed by atoms with van der Waals surface area (Å²) in [6.07, 6.45) is 0. The van der Waals surface area contributed by atoms with Crippen LogP contribution in [0.4, 0.5) is 11.4 Å². The van der Waals surface area contributed by atoms with Gasteiger partial charge < -0.3 is 14.5 Å². The van der Waals surface area contributed by atoms with Gasteiger partial charge in [0.15, 0.2) is 0 Å². The van der Waals surface area contributed by atoms with Gasteiger partial charge in [0.1, 0.15) is 16.9 Å². The quantitative estimate of drug-likeness (QED) is 0.436. The fraction of sp³-hybridized carbons (Fsp3) is 0.0435. The summed E-state index contributed by atoms with van der Waals surface area (Å²) in [7, 11) is 1.61. The highest BCUT2D eigenvalue weighted by Crippen LogP contribution is 2.21. The van der Waals surface area contributed by atoms with Crippen LogP contribution >= 0.6 is 15.9 Å². The van der Waals surface area contributed by atoms with Gasteiger partial charge in [0.2, 0.25) is 5.55 Å². The van der Waals surface area contributed by atoms with Crippen LogP contribution in [-0.4, -0.2) is 13.0 Å². The van der Waals surface area contributed by atoms with E-state index in [2.05, 4.69) is 26.2 Å². The van der Waals surface area contributed by atoms with E-state index in [4.69, 9.17) is 9.15 Å². The Morgan fingerprint density at radius 3 is 2.48 bits per heavy atom. The monoisotopic (exact) mass is 448 g/mol. The van der Waals surface area contributed by atoms with Gasteiger partial charge in [-0.2, -0.15) is 0 Å². The smallest absolute Gasteiger partial charge is 0.261 e. The molecule has 0 aliphatic heterocycles. The highest BCUT2D eigenvalue weighted by Gasteiger charge is 2.13. The number of amides is 1. The van der Waals surface area contributed by atoms with E-state index < -0.39 is 0 Å². The minimum atomic E-state index is -0.297. The summed E-state index contributed by atoms with van der Waals surface area (Å²) in [5.74, 6) is 0.431. The van der Waals surface area contributed by atoms with Crippen molar-refractivity contribution in [3.63, 3.8) is 0 Å². The van der Waals surface area contributed by atoms with Gasteiger partial charge in [-0.1, -0.05) is 34.1 Å². The molecule has 5 nitrogen and oxygen atoms in total. The van der Waals surface area contributed by atoms with Crippen molar-refractivity contribution >= 4 is 44.2 Å². The molecule has 0 spiro atoms. The highest BCUT2D eigenvalue weighted by molar-refractivity contribution is 9.10. The molecule has 1 aromatic heterocycles. The lowest BCUT2D eigenvalue weighted by molar-refractivity contribution is 0.102. The lowest BCUT2D eigenvalue weighted by Gasteiger charge is -2.07. The van der Waals surface area contributed by atoms with E-state index in [-0.39, 0.29) is 11.5 Å². The summed E-state index contributed by atoms with van der Waals surface area (Å²) in [6, 6.07) is 23.9. The molecule has 29 heavy (non-hydrogen) atoms. The van der Waals surface area contributed by atoms with Crippen LogP contribution < -0.4 is 15.6 Å². The lowest BCUT2D eigenvalue weighted by atomic mass is 10.1. The van der Waals surface area contributed by atoms with E-state index in [1.165, 1.54) is 0 Å². The first-order valence-corrected chi connectivity index (χ1v) is 9.70. The first-order valence-electron chi connectivity index (χ1n) is 8.91. The number of nitrogens with one attached hydrogen (secondary N) is 1. The maximum Gasteiger partial charge on any atom is 0.261 e. The number of benzene rings is 3. The minimum Gasteiger partial charge on any atom is -0.497 e. The van der Waals surface area contributed by atoms with E-state index in [9.17, 15) is 4.79 Å². The molecular weight excluding hydrogens is 432 g/mol. The molecule has 1 amide bonds. The van der Waals surface area contributed by atoms with Crippen molar-refractivity contribution in [1.82, 2.24) is 0 Å². The molecule has 144 valence electrons. The molecule has 0 unspecified atom stereocenters. The second kappa shape index (κ2) is 8.32. The Morgan fingerprint density at radius 1 is 1.00 bits per heavy atom. The average Bonchev–Trinajstić information content (AvgIpc) is 2.74. The number of nitrogens with zero attached hydrogens (tertiary/aromatic N) is 1. The molecule has 4 aromatic rings. The summed E-state index contributed by atoms with van der Waals surface area (Å²) < 4.78 is 12.1. The zero-order chi connectivity index (χ0) is 20.2. The SMILES string of the molecule is COc1ccc(N=c2oc3ccc(Br)cc3cc2C(=O)Nc2ccccc2)cc1. The lowest BCUT2D eigenvalue weighted by Crippen LogP contribution is -2.21. The summed E-state index contributed by atoms with van der Waals surface area (Å²) in [5, 5.41) is 3.69. The zero-order valence-electron chi connectivity index (χ0n) is 15.6. The minimum absolute atomic E-state index is 0.235. The van der Waals surface area contributed by atoms with Crippen LogP contribution in [0.3, 0.4) is 0 Å². The number of carbonyl (C=O) groups excluding carboxylic acids is 1. The Morgan fingerprint density at radius 2 is 1.76 bits per heavy atom. The predicted octanol–water partition coefficient (Wildman–Crippen LogP) is 5.69. The van der Waals surface area contributed by atoms with Gasteiger partial charge in [0.25, 0.3) is 5.91 Å². The van der Waals surface area contributed by atoms with Gasteiger partial charge in [-0.15, -0.1) is 0 Å². The molecule has 0 saturated carbocycles. The average molecular weight is 449 g/mol. The van der Waals surface area contributed by atoms with Crippen molar-refractivity contribution in [2.75, 3.05) is 12.4 Å². The molecule has 1 heterocycles. The number of para-hydroxylation sites is 1. The number of carbonyl (C=O) groups is 1. The normalized spacial score (nSPS) is 11.4. The molecule has 0 aliphatic carbocycles. The fourth-order valence-electron chi connectivity index (χ4n) is 2.84. The second-order valence-corrected chi connectivity index (χ2v) is 7.19. The maximum absolute atomic E-state index is 13.0. The molecule has 0 aliphatic rings. The van der Waals surface area contributed by atoms with E-state index in [0.717, 1.165) is 15.6 Å². The Hall–Kier alpha value is -3.38. The van der Waals surface area contributed by atoms with Gasteiger partial charge >= 0.3 is 0 Å². The number of anilines is 1. The summed E-state index contributed by atoms with van der Waals surface area (Å²) in [6.45, 7) is 0. The van der Waals surface area contributed by atoms with Gasteiger partial charge in [0.05, 0.1) is 12.8 Å². The van der Waals surface area contributed by atoms with E-state index in [1.54, 1.807) is 37.4 Å². The number of hydrogen-bond acceptors (Lipinski definition) is 4. The topological polar surface area (TPSA) is 63.8 Å². The van der Waals surface area contributed by atoms with Crippen LogP contribution in [0.25, 0.3) is 11.0 Å². The largest absolute Gasteiger partial charge is 0.497 e. The molecule has 3 aromatic carbocycles. The highest BCUT2D eigenvalue weighted by atomic mass is 79.9. The number of fused-ring (bicyclic) bond motifs is 1. The van der Waals surface area contributed by atoms with Gasteiger partial charge in [-0.05, 0) is 60.7 Å². The Labute approximate surface area is 175 Å². The van der Waals surface area contributed by atoms with Crippen molar-refractivity contribution in [3.8, 4) is 5.75 Å². The van der Waals surface area contributed by atoms with Crippen LogP contribution in [0, 0.1) is 0 Å². The van der Waals surface area contributed by atoms with Gasteiger partial charge in [0, 0.05) is 15.5 Å². The molecule has 6 heteroatoms. The maximum atomic E-state index is 13.0. The third-order valence-electron chi connectivity index (χ3n) is 4.29. The van der Waals surface area contributed by atoms with E-state index >= 15 is 0 Å². The van der Waals surface area contributed by atoms with Crippen molar-refractivity contribution < 1.29 is 13.9 Å². The third-order valence-corrected chi connectivity index (χ3v) is 4.78. The molecular formula is C23H17BrN2O3. The van der Waals surface area contributed by atoms with Crippen molar-refractivity contribution in [2.24, 2.45) is 4.99 Å². The van der Waals surface area contributed by atoms with Crippen LogP contribution in [0.5, 0.6) is 5.75 Å². The van der Waals surface area contributed by atoms with Crippen molar-refractivity contribution in [2.45, 2.75) is 0 Å². The zero-order valence-corrected chi connectivity index (χ0v) is 17.1. The molecule has 0 fully saturated rings. The Kier molecular flexibility index (Phi) is 5.44. The van der Waals surface area contributed by atoms with Gasteiger partial charge in [-0.25, -0.2) is 4.99 Å². The number of halogens is 1. The van der Waals surface area contributed by atoms with E-state index in [1.807, 2.05) is 48.5 Å². The molecule has 0 saturated heterocycles. The predicted molar refractivity (Wildman–Crippen MR) is 117 cm³/mol. The van der Waals surface area contributed by atoms with Crippen molar-refractivity contribution in [1.29, 1.82) is 0 Å². The fourth-order valence-corrected chi connectivity index (χ4v) is 3.22. The second-order valence-electron chi connectivity index (χ2n) is 6.28. The van der Waals surface area contributed by atoms with Crippen LogP contribution in [0.15, 0.2) is 92.7 Å². The van der Waals surface area contributed by atoms with Gasteiger partial charge in [-0.3, -0.25) is 4.79 Å². The van der Waals surface area contributed by atoms with Crippen LogP contribution in [-0.2, 0) is 0 Å². The number of hydrogen-bond donors (Lipinski definition) is 1. The molecule has 0 atom stereocenters. The van der Waals surface area contributed by atoms with Crippen LogP contribution in [0.1, 0.15) is 10.4 Å². The number of methoxy groups -OCH3 is 1. The summed E-state index contributed by atoms with van der Waals surface area (Å²) in [5.41, 5.74) is 2.56. The molecule has 0 bridgehead atoms. The Bertz CT molecular complexity index is 1230. The molecule has 4 rings (SSSR count). The molecule has 0 radical (unpaired) electrons. The summed E-state index contributed by atoms with van der Waals surface area (Å²) >= 11 is 3.46. The molecule has 1 N–H and O–H groups in total. The first-order chi connectivity index (χ1) is 14.1. The Balaban J connectivity index is 1.84. The standard InChI is InChI=1S/C23H17BrN2O3/c1-28-19-10-8-18(9-11-19)26-23-20(22(27)25-17-5-3-2-4-6-17)14-15-13-16(24)7-12-21(15)29-23/h2-14H,1H3,(H,25,27). The number of ether oxygens (including phenoxy) is 1. The van der Waals surface area contributed by atoms with E-state index in [0.29, 0.717) is 22.5 Å². The first kappa shape index (κ1) is 19.0.